The Morgan fingerprint density at radius 3 is 2.79 bits per heavy atom. The van der Waals surface area contributed by atoms with Crippen LogP contribution >= 0.6 is 0 Å². The predicted octanol–water partition coefficient (Wildman–Crippen LogP) is 1.95. The molecule has 1 aliphatic rings. The van der Waals surface area contributed by atoms with Crippen LogP contribution in [0.5, 0.6) is 0 Å². The Kier molecular flexibility index (Phi) is 3.23. The van der Waals surface area contributed by atoms with Crippen LogP contribution in [0.4, 0.5) is 0 Å². The van der Waals surface area contributed by atoms with Crippen LogP contribution in [0, 0.1) is 6.10 Å². The second kappa shape index (κ2) is 4.22. The average Bonchev–Trinajstić information content (AvgIpc) is 2.32. The van der Waals surface area contributed by atoms with Crippen molar-refractivity contribution in [1.29, 1.82) is 0 Å². The zero-order valence-electron chi connectivity index (χ0n) is 8.42. The average molecular weight is 193 g/mol. The zero-order valence-corrected chi connectivity index (χ0v) is 8.42. The Bertz CT molecular complexity index is 312. The lowest BCUT2D eigenvalue weighted by Gasteiger charge is -2.08. The SMILES string of the molecule is C=CCC1=C(C)[C](OC(C)=O)CC1=O. The summed E-state index contributed by atoms with van der Waals surface area (Å²) in [6.45, 7) is 6.70. The van der Waals surface area contributed by atoms with Crippen molar-refractivity contribution >= 4 is 11.8 Å². The zero-order chi connectivity index (χ0) is 10.7. The normalized spacial score (nSPS) is 17.4. The highest BCUT2D eigenvalue weighted by molar-refractivity contribution is 6.01. The monoisotopic (exact) mass is 193 g/mol. The number of carbonyl (C=O) groups excluding carboxylic acids is 2. The highest BCUT2D eigenvalue weighted by atomic mass is 16.5. The molecule has 3 nitrogen and oxygen atoms in total. The standard InChI is InChI=1S/C11H13O3/c1-4-5-9-7(2)11(6-10(9)13)14-8(3)12/h4H,1,5-6H2,2-3H3. The molecule has 0 aromatic carbocycles. The molecular weight excluding hydrogens is 180 g/mol. The van der Waals surface area contributed by atoms with Crippen molar-refractivity contribution in [3.05, 3.63) is 29.9 Å². The maximum absolute atomic E-state index is 11.4. The maximum atomic E-state index is 11.4. The summed E-state index contributed by atoms with van der Waals surface area (Å²) in [6.07, 6.45) is 2.90. The number of allylic oxidation sites excluding steroid dienone is 2. The smallest absolute Gasteiger partial charge is 0.303 e. The molecule has 0 fully saturated rings. The minimum Gasteiger partial charge on any atom is -0.449 e. The largest absolute Gasteiger partial charge is 0.449 e. The molecule has 0 aromatic rings. The first kappa shape index (κ1) is 10.7. The summed E-state index contributed by atoms with van der Waals surface area (Å²) < 4.78 is 4.94. The van der Waals surface area contributed by atoms with E-state index in [-0.39, 0.29) is 18.2 Å². The topological polar surface area (TPSA) is 43.4 Å². The summed E-state index contributed by atoms with van der Waals surface area (Å²) >= 11 is 0. The summed E-state index contributed by atoms with van der Waals surface area (Å²) in [7, 11) is 0. The summed E-state index contributed by atoms with van der Waals surface area (Å²) in [5.74, 6) is -0.356. The Morgan fingerprint density at radius 1 is 1.64 bits per heavy atom. The lowest BCUT2D eigenvalue weighted by Crippen LogP contribution is -2.06. The molecule has 0 N–H and O–H groups in total. The highest BCUT2D eigenvalue weighted by Crippen LogP contribution is 2.33. The van der Waals surface area contributed by atoms with Crippen LogP contribution in [0.3, 0.4) is 0 Å². The number of hydrogen-bond acceptors (Lipinski definition) is 3. The molecule has 0 atom stereocenters. The van der Waals surface area contributed by atoms with E-state index in [9.17, 15) is 9.59 Å². The molecule has 0 heterocycles. The molecule has 1 rings (SSSR count). The van der Waals surface area contributed by atoms with Gasteiger partial charge in [-0.1, -0.05) is 6.08 Å². The first-order valence-electron chi connectivity index (χ1n) is 4.44. The van der Waals surface area contributed by atoms with Gasteiger partial charge in [0.05, 0.1) is 6.42 Å². The van der Waals surface area contributed by atoms with Crippen LogP contribution in [0.15, 0.2) is 23.8 Å². The molecule has 0 bridgehead atoms. The fourth-order valence-electron chi connectivity index (χ4n) is 1.46. The van der Waals surface area contributed by atoms with Gasteiger partial charge < -0.3 is 4.74 Å². The molecule has 0 saturated carbocycles. The van der Waals surface area contributed by atoms with Crippen molar-refractivity contribution in [2.45, 2.75) is 26.7 Å². The summed E-state index contributed by atoms with van der Waals surface area (Å²) in [5.41, 5.74) is 1.49. The molecule has 14 heavy (non-hydrogen) atoms. The van der Waals surface area contributed by atoms with Gasteiger partial charge in [-0.2, -0.15) is 0 Å². The second-order valence-corrected chi connectivity index (χ2v) is 3.21. The molecule has 1 aliphatic carbocycles. The van der Waals surface area contributed by atoms with Gasteiger partial charge in [-0.15, -0.1) is 6.58 Å². The number of ketones is 1. The quantitative estimate of drug-likeness (QED) is 0.508. The summed E-state index contributed by atoms with van der Waals surface area (Å²) in [5, 5.41) is 0. The Morgan fingerprint density at radius 2 is 2.29 bits per heavy atom. The molecule has 0 spiro atoms. The van der Waals surface area contributed by atoms with Gasteiger partial charge >= 0.3 is 5.97 Å². The maximum Gasteiger partial charge on any atom is 0.303 e. The number of esters is 1. The number of rotatable bonds is 3. The molecule has 75 valence electrons. The molecule has 0 aliphatic heterocycles. The van der Waals surface area contributed by atoms with Crippen molar-refractivity contribution in [3.8, 4) is 0 Å². The van der Waals surface area contributed by atoms with E-state index < -0.39 is 0 Å². The van der Waals surface area contributed by atoms with Crippen LogP contribution < -0.4 is 0 Å². The molecule has 0 unspecified atom stereocenters. The van der Waals surface area contributed by atoms with Gasteiger partial charge in [0, 0.05) is 12.5 Å². The highest BCUT2D eigenvalue weighted by Gasteiger charge is 2.31. The molecule has 0 amide bonds. The van der Waals surface area contributed by atoms with Crippen molar-refractivity contribution in [3.63, 3.8) is 0 Å². The van der Waals surface area contributed by atoms with Crippen molar-refractivity contribution < 1.29 is 14.3 Å². The molecule has 0 aromatic heterocycles. The van der Waals surface area contributed by atoms with Gasteiger partial charge in [0.1, 0.15) is 0 Å². The van der Waals surface area contributed by atoms with Crippen LogP contribution in [-0.4, -0.2) is 11.8 Å². The van der Waals surface area contributed by atoms with Gasteiger partial charge in [0.2, 0.25) is 0 Å². The fourth-order valence-corrected chi connectivity index (χ4v) is 1.46. The van der Waals surface area contributed by atoms with Crippen LogP contribution in [-0.2, 0) is 14.3 Å². The minimum atomic E-state index is -0.382. The minimum absolute atomic E-state index is 0.0265. The van der Waals surface area contributed by atoms with E-state index >= 15 is 0 Å². The van der Waals surface area contributed by atoms with Crippen molar-refractivity contribution in [1.82, 2.24) is 0 Å². The van der Waals surface area contributed by atoms with Crippen LogP contribution in [0.25, 0.3) is 0 Å². The van der Waals surface area contributed by atoms with Gasteiger partial charge in [0.15, 0.2) is 11.9 Å². The van der Waals surface area contributed by atoms with Crippen molar-refractivity contribution in [2.24, 2.45) is 0 Å². The molecule has 3 heteroatoms. The Balaban J connectivity index is 2.81. The van der Waals surface area contributed by atoms with Crippen LogP contribution in [0.1, 0.15) is 26.7 Å². The lowest BCUT2D eigenvalue weighted by atomic mass is 10.1. The third-order valence-corrected chi connectivity index (χ3v) is 2.14. The van der Waals surface area contributed by atoms with E-state index in [1.807, 2.05) is 0 Å². The summed E-state index contributed by atoms with van der Waals surface area (Å²) in [6, 6.07) is 0. The first-order valence-corrected chi connectivity index (χ1v) is 4.44. The first-order chi connectivity index (χ1) is 6.56. The van der Waals surface area contributed by atoms with Gasteiger partial charge in [-0.05, 0) is 18.9 Å². The van der Waals surface area contributed by atoms with E-state index in [0.29, 0.717) is 18.1 Å². The van der Waals surface area contributed by atoms with Crippen LogP contribution in [0.2, 0.25) is 0 Å². The van der Waals surface area contributed by atoms with E-state index in [4.69, 9.17) is 4.74 Å². The number of carbonyl (C=O) groups is 2. The summed E-state index contributed by atoms with van der Waals surface area (Å²) in [4.78, 5) is 22.2. The van der Waals surface area contributed by atoms with E-state index in [0.717, 1.165) is 5.57 Å². The molecule has 0 saturated heterocycles. The van der Waals surface area contributed by atoms with Gasteiger partial charge in [-0.3, -0.25) is 9.59 Å². The third-order valence-electron chi connectivity index (χ3n) is 2.14. The number of ether oxygens (including phenoxy) is 1. The Hall–Kier alpha value is -1.38. The fraction of sp³-hybridized carbons (Fsp3) is 0.364. The van der Waals surface area contributed by atoms with Gasteiger partial charge in [0.25, 0.3) is 0 Å². The number of hydrogen-bond donors (Lipinski definition) is 0. The number of Topliss-reactive ketones (excluding diaryl/α,β-unsaturated/α-hetero) is 1. The third kappa shape index (κ3) is 2.10. The van der Waals surface area contributed by atoms with E-state index in [2.05, 4.69) is 6.58 Å². The second-order valence-electron chi connectivity index (χ2n) is 3.21. The van der Waals surface area contributed by atoms with Crippen molar-refractivity contribution in [2.75, 3.05) is 0 Å². The molecule has 1 radical (unpaired) electrons. The lowest BCUT2D eigenvalue weighted by molar-refractivity contribution is -0.139. The van der Waals surface area contributed by atoms with E-state index in [1.54, 1.807) is 13.0 Å². The predicted molar refractivity (Wildman–Crippen MR) is 52.1 cm³/mol. The molecular formula is C11H13O3. The van der Waals surface area contributed by atoms with Gasteiger partial charge in [-0.25, -0.2) is 0 Å². The Labute approximate surface area is 83.4 Å². The van der Waals surface area contributed by atoms with E-state index in [1.165, 1.54) is 6.92 Å².